The first-order valence-corrected chi connectivity index (χ1v) is 9.08. The van der Waals surface area contributed by atoms with E-state index in [1.54, 1.807) is 0 Å². The van der Waals surface area contributed by atoms with Crippen LogP contribution in [0.4, 0.5) is 0 Å². The highest BCUT2D eigenvalue weighted by Gasteiger charge is 2.16. The van der Waals surface area contributed by atoms with Crippen LogP contribution in [0.1, 0.15) is 43.5 Å². The van der Waals surface area contributed by atoms with Gasteiger partial charge in [-0.25, -0.2) is 0 Å². The molecular weight excluding hydrogens is 304 g/mol. The Labute approximate surface area is 145 Å². The van der Waals surface area contributed by atoms with Crippen LogP contribution in [0, 0.1) is 0 Å². The lowest BCUT2D eigenvalue weighted by atomic mass is 10.2. The van der Waals surface area contributed by atoms with Crippen LogP contribution in [0.3, 0.4) is 0 Å². The molecule has 1 unspecified atom stereocenters. The summed E-state index contributed by atoms with van der Waals surface area (Å²) in [5, 5.41) is 2.97. The molecule has 0 aromatic heterocycles. The minimum atomic E-state index is -0.0276. The molecule has 1 aliphatic heterocycles. The van der Waals surface area contributed by atoms with Gasteiger partial charge < -0.3 is 19.7 Å². The predicted molar refractivity (Wildman–Crippen MR) is 95.6 cm³/mol. The van der Waals surface area contributed by atoms with Crippen LogP contribution in [0.25, 0.3) is 0 Å². The van der Waals surface area contributed by atoms with Gasteiger partial charge in [0.25, 0.3) is 5.91 Å². The van der Waals surface area contributed by atoms with Gasteiger partial charge in [0, 0.05) is 18.7 Å². The number of ether oxygens (including phenoxy) is 2. The van der Waals surface area contributed by atoms with Gasteiger partial charge in [-0.3, -0.25) is 4.79 Å². The van der Waals surface area contributed by atoms with Crippen LogP contribution in [0.15, 0.2) is 24.3 Å². The monoisotopic (exact) mass is 334 g/mol. The lowest BCUT2D eigenvalue weighted by Gasteiger charge is -2.17. The first-order valence-electron chi connectivity index (χ1n) is 9.08. The van der Waals surface area contributed by atoms with Gasteiger partial charge in [-0.15, -0.1) is 0 Å². The molecule has 0 spiro atoms. The zero-order chi connectivity index (χ0) is 17.2. The molecule has 1 N–H and O–H groups in total. The van der Waals surface area contributed by atoms with E-state index in [-0.39, 0.29) is 12.0 Å². The third kappa shape index (κ3) is 6.13. The van der Waals surface area contributed by atoms with Crippen LogP contribution in [0.5, 0.6) is 5.75 Å². The summed E-state index contributed by atoms with van der Waals surface area (Å²) >= 11 is 0. The summed E-state index contributed by atoms with van der Waals surface area (Å²) in [5.41, 5.74) is 0.669. The molecule has 1 heterocycles. The van der Waals surface area contributed by atoms with Crippen LogP contribution >= 0.6 is 0 Å². The van der Waals surface area contributed by atoms with E-state index in [4.69, 9.17) is 9.47 Å². The van der Waals surface area contributed by atoms with Gasteiger partial charge in [-0.1, -0.05) is 13.8 Å². The Morgan fingerprint density at radius 3 is 2.67 bits per heavy atom. The highest BCUT2D eigenvalue weighted by Crippen LogP contribution is 2.16. The van der Waals surface area contributed by atoms with Gasteiger partial charge in [-0.05, 0) is 63.2 Å². The fourth-order valence-corrected chi connectivity index (χ4v) is 2.81. The SMILES string of the molecule is CCN(CC)CCCNC(=O)c1ccc(OCC2CCCO2)cc1. The maximum absolute atomic E-state index is 12.1. The fraction of sp³-hybridized carbons (Fsp3) is 0.632. The standard InChI is InChI=1S/C19H30N2O3/c1-3-21(4-2)13-6-12-20-19(22)16-8-10-17(11-9-16)24-15-18-7-5-14-23-18/h8-11,18H,3-7,12-15H2,1-2H3,(H,20,22). The van der Waals surface area contributed by atoms with Gasteiger partial charge in [0.05, 0.1) is 6.10 Å². The second-order valence-corrected chi connectivity index (χ2v) is 6.11. The maximum Gasteiger partial charge on any atom is 0.251 e. The summed E-state index contributed by atoms with van der Waals surface area (Å²) in [6, 6.07) is 7.31. The molecule has 2 rings (SSSR count). The second-order valence-electron chi connectivity index (χ2n) is 6.11. The van der Waals surface area contributed by atoms with Crippen molar-refractivity contribution in [2.45, 2.75) is 39.2 Å². The zero-order valence-corrected chi connectivity index (χ0v) is 14.9. The van der Waals surface area contributed by atoms with Crippen LogP contribution < -0.4 is 10.1 Å². The molecule has 134 valence electrons. The number of carbonyl (C=O) groups is 1. The molecule has 0 radical (unpaired) electrons. The number of hydrogen-bond acceptors (Lipinski definition) is 4. The van der Waals surface area contributed by atoms with Crippen molar-refractivity contribution in [2.24, 2.45) is 0 Å². The molecular formula is C19H30N2O3. The highest BCUT2D eigenvalue weighted by atomic mass is 16.5. The van der Waals surface area contributed by atoms with Crippen molar-refractivity contribution in [3.05, 3.63) is 29.8 Å². The van der Waals surface area contributed by atoms with Crippen molar-refractivity contribution in [1.82, 2.24) is 10.2 Å². The lowest BCUT2D eigenvalue weighted by Crippen LogP contribution is -2.29. The van der Waals surface area contributed by atoms with Crippen LogP contribution in [0.2, 0.25) is 0 Å². The minimum absolute atomic E-state index is 0.0276. The molecule has 24 heavy (non-hydrogen) atoms. The zero-order valence-electron chi connectivity index (χ0n) is 14.9. The van der Waals surface area contributed by atoms with E-state index >= 15 is 0 Å². The topological polar surface area (TPSA) is 50.8 Å². The molecule has 1 atom stereocenters. The van der Waals surface area contributed by atoms with Gasteiger partial charge >= 0.3 is 0 Å². The molecule has 1 aromatic rings. The number of amides is 1. The first-order chi connectivity index (χ1) is 11.7. The molecule has 5 nitrogen and oxygen atoms in total. The average Bonchev–Trinajstić information content (AvgIpc) is 3.14. The van der Waals surface area contributed by atoms with Crippen LogP contribution in [-0.2, 0) is 4.74 Å². The largest absolute Gasteiger partial charge is 0.491 e. The van der Waals surface area contributed by atoms with Crippen molar-refractivity contribution < 1.29 is 14.3 Å². The smallest absolute Gasteiger partial charge is 0.251 e. The van der Waals surface area contributed by atoms with E-state index in [0.29, 0.717) is 18.7 Å². The summed E-state index contributed by atoms with van der Waals surface area (Å²) in [4.78, 5) is 14.5. The van der Waals surface area contributed by atoms with Crippen molar-refractivity contribution in [1.29, 1.82) is 0 Å². The van der Waals surface area contributed by atoms with E-state index in [2.05, 4.69) is 24.1 Å². The number of benzene rings is 1. The number of hydrogen-bond donors (Lipinski definition) is 1. The van der Waals surface area contributed by atoms with E-state index in [1.807, 2.05) is 24.3 Å². The maximum atomic E-state index is 12.1. The summed E-state index contributed by atoms with van der Waals surface area (Å²) in [6.45, 7) is 9.55. The van der Waals surface area contributed by atoms with Gasteiger partial charge in [0.2, 0.25) is 0 Å². The molecule has 0 bridgehead atoms. The number of nitrogens with zero attached hydrogens (tertiary/aromatic N) is 1. The number of nitrogens with one attached hydrogen (secondary N) is 1. The van der Waals surface area contributed by atoms with Crippen LogP contribution in [-0.4, -0.2) is 56.3 Å². The number of rotatable bonds is 10. The minimum Gasteiger partial charge on any atom is -0.491 e. The highest BCUT2D eigenvalue weighted by molar-refractivity contribution is 5.94. The third-order valence-corrected chi connectivity index (χ3v) is 4.41. The van der Waals surface area contributed by atoms with Gasteiger partial charge in [0.15, 0.2) is 0 Å². The van der Waals surface area contributed by atoms with Gasteiger partial charge in [0.1, 0.15) is 12.4 Å². The second kappa shape index (κ2) is 10.3. The molecule has 1 fully saturated rings. The molecule has 1 saturated heterocycles. The van der Waals surface area contributed by atoms with E-state index in [1.165, 1.54) is 0 Å². The van der Waals surface area contributed by atoms with Crippen molar-refractivity contribution in [3.63, 3.8) is 0 Å². The predicted octanol–water partition coefficient (Wildman–Crippen LogP) is 2.71. The third-order valence-electron chi connectivity index (χ3n) is 4.41. The Hall–Kier alpha value is -1.59. The number of carbonyl (C=O) groups excluding carboxylic acids is 1. The molecule has 0 aliphatic carbocycles. The quantitative estimate of drug-likeness (QED) is 0.669. The molecule has 5 heteroatoms. The van der Waals surface area contributed by atoms with E-state index < -0.39 is 0 Å². The Morgan fingerprint density at radius 1 is 1.29 bits per heavy atom. The first kappa shape index (κ1) is 18.7. The van der Waals surface area contributed by atoms with E-state index in [0.717, 1.165) is 51.3 Å². The Kier molecular flexibility index (Phi) is 8.05. The summed E-state index contributed by atoms with van der Waals surface area (Å²) < 4.78 is 11.2. The summed E-state index contributed by atoms with van der Waals surface area (Å²) in [5.74, 6) is 0.754. The molecule has 1 aliphatic rings. The van der Waals surface area contributed by atoms with E-state index in [9.17, 15) is 4.79 Å². The molecule has 0 saturated carbocycles. The van der Waals surface area contributed by atoms with Gasteiger partial charge in [-0.2, -0.15) is 0 Å². The summed E-state index contributed by atoms with van der Waals surface area (Å²) in [7, 11) is 0. The lowest BCUT2D eigenvalue weighted by molar-refractivity contribution is 0.0679. The normalized spacial score (nSPS) is 17.2. The Bertz CT molecular complexity index is 480. The van der Waals surface area contributed by atoms with Crippen molar-refractivity contribution >= 4 is 5.91 Å². The van der Waals surface area contributed by atoms with Crippen molar-refractivity contribution in [3.8, 4) is 5.75 Å². The molecule has 1 aromatic carbocycles. The van der Waals surface area contributed by atoms with Crippen molar-refractivity contribution in [2.75, 3.05) is 39.4 Å². The fourth-order valence-electron chi connectivity index (χ4n) is 2.81. The Morgan fingerprint density at radius 2 is 2.04 bits per heavy atom. The average molecular weight is 334 g/mol. The Balaban J connectivity index is 1.68. The summed E-state index contributed by atoms with van der Waals surface area (Å²) in [6.07, 6.45) is 3.35. The molecule has 1 amide bonds.